The summed E-state index contributed by atoms with van der Waals surface area (Å²) in [6, 6.07) is 0. The van der Waals surface area contributed by atoms with Crippen LogP contribution in [-0.2, 0) is 9.09 Å². The minimum atomic E-state index is -2.84. The van der Waals surface area contributed by atoms with Gasteiger partial charge in [-0.25, -0.2) is 0 Å². The SMILES string of the molecule is CC(O)CO[PH](=O)O. The molecule has 0 aromatic carbocycles. The van der Waals surface area contributed by atoms with Gasteiger partial charge in [0.25, 0.3) is 0 Å². The van der Waals surface area contributed by atoms with Gasteiger partial charge in [-0.15, -0.1) is 0 Å². The standard InChI is InChI=1S/C3H9O4P/c1-3(4)2-7-8(5)6/h3-4,8H,2H2,1H3,(H,5,6). The first-order chi connectivity index (χ1) is 3.63. The summed E-state index contributed by atoms with van der Waals surface area (Å²) < 4.78 is 13.9. The largest absolute Gasteiger partial charge is 0.391 e. The fraction of sp³-hybridized carbons (Fsp3) is 1.00. The first-order valence-electron chi connectivity index (χ1n) is 2.16. The first kappa shape index (κ1) is 8.11. The molecule has 8 heavy (non-hydrogen) atoms. The monoisotopic (exact) mass is 140 g/mol. The van der Waals surface area contributed by atoms with Crippen LogP contribution in [-0.4, -0.2) is 22.7 Å². The van der Waals surface area contributed by atoms with Gasteiger partial charge in [0.05, 0.1) is 12.7 Å². The van der Waals surface area contributed by atoms with Crippen LogP contribution in [0.15, 0.2) is 0 Å². The maximum absolute atomic E-state index is 9.76. The fourth-order valence-corrected chi connectivity index (χ4v) is 0.576. The highest BCUT2D eigenvalue weighted by molar-refractivity contribution is 7.32. The van der Waals surface area contributed by atoms with Crippen LogP contribution in [0.4, 0.5) is 0 Å². The van der Waals surface area contributed by atoms with E-state index in [0.29, 0.717) is 0 Å². The smallest absolute Gasteiger partial charge is 0.316 e. The van der Waals surface area contributed by atoms with Gasteiger partial charge in [0, 0.05) is 0 Å². The number of hydrogen-bond acceptors (Lipinski definition) is 3. The Labute approximate surface area is 48.0 Å². The number of aliphatic hydroxyl groups is 1. The molecule has 0 fully saturated rings. The Kier molecular flexibility index (Phi) is 4.09. The van der Waals surface area contributed by atoms with Crippen LogP contribution in [0.1, 0.15) is 6.92 Å². The highest BCUT2D eigenvalue weighted by atomic mass is 31.1. The predicted molar refractivity (Wildman–Crippen MR) is 28.9 cm³/mol. The molecule has 2 atom stereocenters. The van der Waals surface area contributed by atoms with Crippen molar-refractivity contribution in [2.75, 3.05) is 6.61 Å². The lowest BCUT2D eigenvalue weighted by atomic mass is 10.5. The van der Waals surface area contributed by atoms with E-state index in [1.165, 1.54) is 6.92 Å². The molecule has 0 spiro atoms. The van der Waals surface area contributed by atoms with Crippen molar-refractivity contribution in [3.05, 3.63) is 0 Å². The highest BCUT2D eigenvalue weighted by Gasteiger charge is 1.96. The molecule has 0 bridgehead atoms. The summed E-state index contributed by atoms with van der Waals surface area (Å²) in [6.45, 7) is 1.40. The van der Waals surface area contributed by atoms with E-state index >= 15 is 0 Å². The van der Waals surface area contributed by atoms with Gasteiger partial charge in [0.1, 0.15) is 0 Å². The zero-order valence-corrected chi connectivity index (χ0v) is 5.50. The van der Waals surface area contributed by atoms with Gasteiger partial charge in [-0.05, 0) is 6.92 Å². The second kappa shape index (κ2) is 4.04. The summed E-state index contributed by atoms with van der Waals surface area (Å²) in [5.41, 5.74) is 0. The van der Waals surface area contributed by atoms with Crippen LogP contribution in [0.25, 0.3) is 0 Å². The topological polar surface area (TPSA) is 66.8 Å². The predicted octanol–water partition coefficient (Wildman–Crippen LogP) is -0.234. The van der Waals surface area contributed by atoms with E-state index < -0.39 is 14.4 Å². The molecule has 0 saturated carbocycles. The van der Waals surface area contributed by atoms with Gasteiger partial charge in [-0.2, -0.15) is 0 Å². The molecule has 2 N–H and O–H groups in total. The molecule has 0 saturated heterocycles. The second-order valence-corrected chi connectivity index (χ2v) is 2.25. The zero-order chi connectivity index (χ0) is 6.57. The van der Waals surface area contributed by atoms with E-state index in [-0.39, 0.29) is 6.61 Å². The molecule has 4 nitrogen and oxygen atoms in total. The lowest BCUT2D eigenvalue weighted by Gasteiger charge is -2.00. The minimum Gasteiger partial charge on any atom is -0.391 e. The van der Waals surface area contributed by atoms with Crippen molar-refractivity contribution in [1.29, 1.82) is 0 Å². The first-order valence-corrected chi connectivity index (χ1v) is 3.43. The van der Waals surface area contributed by atoms with Gasteiger partial charge in [-0.3, -0.25) is 4.57 Å². The Bertz CT molecular complexity index is 81.4. The molecular formula is C3H9O4P. The summed E-state index contributed by atoms with van der Waals surface area (Å²) in [5, 5.41) is 8.44. The Morgan fingerprint density at radius 3 is 2.50 bits per heavy atom. The van der Waals surface area contributed by atoms with Gasteiger partial charge in [0.15, 0.2) is 0 Å². The summed E-state index contributed by atoms with van der Waals surface area (Å²) in [7, 11) is -2.84. The van der Waals surface area contributed by atoms with Crippen molar-refractivity contribution in [1.82, 2.24) is 0 Å². The molecule has 0 amide bonds. The van der Waals surface area contributed by atoms with Crippen LogP contribution in [0.5, 0.6) is 0 Å². The van der Waals surface area contributed by atoms with Crippen molar-refractivity contribution >= 4 is 8.25 Å². The van der Waals surface area contributed by atoms with E-state index in [0.717, 1.165) is 0 Å². The average Bonchev–Trinajstić information content (AvgIpc) is 1.61. The fourth-order valence-electron chi connectivity index (χ4n) is 0.192. The van der Waals surface area contributed by atoms with Gasteiger partial charge in [0.2, 0.25) is 0 Å². The molecule has 0 rings (SSSR count). The quantitative estimate of drug-likeness (QED) is 0.531. The molecule has 0 heterocycles. The molecule has 5 heteroatoms. The Morgan fingerprint density at radius 1 is 1.88 bits per heavy atom. The summed E-state index contributed by atoms with van der Waals surface area (Å²) >= 11 is 0. The van der Waals surface area contributed by atoms with Crippen molar-refractivity contribution in [2.45, 2.75) is 13.0 Å². The molecule has 0 aliphatic rings. The van der Waals surface area contributed by atoms with Crippen LogP contribution in [0, 0.1) is 0 Å². The Balaban J connectivity index is 3.05. The normalized spacial score (nSPS) is 17.9. The van der Waals surface area contributed by atoms with E-state index in [4.69, 9.17) is 10.00 Å². The third-order valence-corrected chi connectivity index (χ3v) is 0.862. The number of aliphatic hydroxyl groups excluding tert-OH is 1. The molecule has 0 aromatic heterocycles. The maximum atomic E-state index is 9.76. The van der Waals surface area contributed by atoms with Crippen molar-refractivity contribution in [2.24, 2.45) is 0 Å². The lowest BCUT2D eigenvalue weighted by molar-refractivity contribution is 0.119. The van der Waals surface area contributed by atoms with Gasteiger partial charge < -0.3 is 14.5 Å². The molecule has 0 aliphatic heterocycles. The van der Waals surface area contributed by atoms with Crippen molar-refractivity contribution in [3.8, 4) is 0 Å². The summed E-state index contributed by atoms with van der Waals surface area (Å²) in [5.74, 6) is 0. The van der Waals surface area contributed by atoms with Crippen LogP contribution in [0.3, 0.4) is 0 Å². The molecule has 2 unspecified atom stereocenters. The zero-order valence-electron chi connectivity index (χ0n) is 4.50. The van der Waals surface area contributed by atoms with Crippen molar-refractivity contribution in [3.63, 3.8) is 0 Å². The highest BCUT2D eigenvalue weighted by Crippen LogP contribution is 2.13. The Morgan fingerprint density at radius 2 is 2.38 bits per heavy atom. The summed E-state index contributed by atoms with van der Waals surface area (Å²) in [6.07, 6.45) is -0.670. The van der Waals surface area contributed by atoms with Crippen LogP contribution in [0.2, 0.25) is 0 Å². The summed E-state index contributed by atoms with van der Waals surface area (Å²) in [4.78, 5) is 8.01. The Hall–Kier alpha value is 0.110. The van der Waals surface area contributed by atoms with Gasteiger partial charge >= 0.3 is 8.25 Å². The molecule has 0 aliphatic carbocycles. The second-order valence-electron chi connectivity index (χ2n) is 1.43. The van der Waals surface area contributed by atoms with E-state index in [2.05, 4.69) is 4.52 Å². The molecule has 0 radical (unpaired) electrons. The molecule has 50 valence electrons. The molecule has 0 aromatic rings. The van der Waals surface area contributed by atoms with E-state index in [9.17, 15) is 4.57 Å². The third-order valence-electron chi connectivity index (χ3n) is 0.448. The third kappa shape index (κ3) is 6.11. The maximum Gasteiger partial charge on any atom is 0.316 e. The minimum absolute atomic E-state index is 0.0751. The van der Waals surface area contributed by atoms with Crippen LogP contribution >= 0.6 is 8.25 Å². The van der Waals surface area contributed by atoms with Gasteiger partial charge in [-0.1, -0.05) is 0 Å². The van der Waals surface area contributed by atoms with E-state index in [1.807, 2.05) is 0 Å². The molecular weight excluding hydrogens is 131 g/mol. The van der Waals surface area contributed by atoms with Crippen LogP contribution < -0.4 is 0 Å². The van der Waals surface area contributed by atoms with Crippen molar-refractivity contribution < 1.29 is 19.1 Å². The lowest BCUT2D eigenvalue weighted by Crippen LogP contribution is -2.06. The number of hydrogen-bond donors (Lipinski definition) is 2. The number of rotatable bonds is 3. The van der Waals surface area contributed by atoms with E-state index in [1.54, 1.807) is 0 Å². The average molecular weight is 140 g/mol.